The fraction of sp³-hybridized carbons (Fsp3) is 0.333. The number of hydrogen-bond acceptors (Lipinski definition) is 3. The molecule has 1 atom stereocenters. The highest BCUT2D eigenvalue weighted by Crippen LogP contribution is 2.42. The van der Waals surface area contributed by atoms with E-state index in [2.05, 4.69) is 16.1 Å². The fourth-order valence-electron chi connectivity index (χ4n) is 1.66. The van der Waals surface area contributed by atoms with Crippen LogP contribution in [0.15, 0.2) is 30.9 Å². The van der Waals surface area contributed by atoms with E-state index >= 15 is 0 Å². The summed E-state index contributed by atoms with van der Waals surface area (Å²) in [7, 11) is 0. The van der Waals surface area contributed by atoms with Gasteiger partial charge in [-0.05, 0) is 30.5 Å². The van der Waals surface area contributed by atoms with E-state index in [0.29, 0.717) is 6.42 Å². The van der Waals surface area contributed by atoms with Crippen molar-refractivity contribution in [3.05, 3.63) is 36.4 Å². The largest absolute Gasteiger partial charge is 0.586 e. The van der Waals surface area contributed by atoms with Crippen LogP contribution in [-0.2, 0) is 0 Å². The standard InChI is InChI=1S/C12H13F2NO2/c1-2-3-4-9(15)8-5-6-10-11(7-8)17-12(13,14)16-10/h2,5-7,9H,1,3-4,15H2/t9-/m0/s1. The van der Waals surface area contributed by atoms with Crippen LogP contribution in [0, 0.1) is 0 Å². The van der Waals surface area contributed by atoms with Crippen LogP contribution in [0.25, 0.3) is 0 Å². The van der Waals surface area contributed by atoms with Gasteiger partial charge >= 0.3 is 6.29 Å². The summed E-state index contributed by atoms with van der Waals surface area (Å²) in [5, 5.41) is 0. The molecule has 0 spiro atoms. The Morgan fingerprint density at radius 2 is 2.06 bits per heavy atom. The molecule has 0 fully saturated rings. The van der Waals surface area contributed by atoms with E-state index in [1.165, 1.54) is 12.1 Å². The van der Waals surface area contributed by atoms with Gasteiger partial charge < -0.3 is 15.2 Å². The molecule has 92 valence electrons. The second kappa shape index (κ2) is 4.33. The number of benzene rings is 1. The van der Waals surface area contributed by atoms with Crippen molar-refractivity contribution >= 4 is 0 Å². The molecule has 0 unspecified atom stereocenters. The van der Waals surface area contributed by atoms with E-state index in [4.69, 9.17) is 5.73 Å². The van der Waals surface area contributed by atoms with Gasteiger partial charge in [-0.15, -0.1) is 15.4 Å². The molecular weight excluding hydrogens is 228 g/mol. The molecule has 3 nitrogen and oxygen atoms in total. The number of allylic oxidation sites excluding steroid dienone is 1. The lowest BCUT2D eigenvalue weighted by Gasteiger charge is -2.10. The molecule has 1 heterocycles. The van der Waals surface area contributed by atoms with Gasteiger partial charge in [0.2, 0.25) is 0 Å². The van der Waals surface area contributed by atoms with Gasteiger partial charge in [-0.2, -0.15) is 0 Å². The minimum atomic E-state index is -3.58. The molecule has 2 N–H and O–H groups in total. The van der Waals surface area contributed by atoms with Gasteiger partial charge in [-0.3, -0.25) is 0 Å². The molecule has 0 amide bonds. The Bertz CT molecular complexity index is 435. The number of ether oxygens (including phenoxy) is 2. The monoisotopic (exact) mass is 241 g/mol. The van der Waals surface area contributed by atoms with Crippen LogP contribution in [0.5, 0.6) is 11.5 Å². The number of rotatable bonds is 4. The maximum Gasteiger partial charge on any atom is 0.586 e. The van der Waals surface area contributed by atoms with Crippen molar-refractivity contribution in [2.24, 2.45) is 5.73 Å². The minimum Gasteiger partial charge on any atom is -0.395 e. The van der Waals surface area contributed by atoms with Crippen LogP contribution in [0.3, 0.4) is 0 Å². The van der Waals surface area contributed by atoms with Gasteiger partial charge in [0.1, 0.15) is 0 Å². The molecular formula is C12H13F2NO2. The first-order valence-electron chi connectivity index (χ1n) is 5.28. The summed E-state index contributed by atoms with van der Waals surface area (Å²) in [4.78, 5) is 0. The van der Waals surface area contributed by atoms with E-state index in [9.17, 15) is 8.78 Å². The lowest BCUT2D eigenvalue weighted by molar-refractivity contribution is -0.286. The van der Waals surface area contributed by atoms with Crippen LogP contribution >= 0.6 is 0 Å². The van der Waals surface area contributed by atoms with Gasteiger partial charge in [-0.25, -0.2) is 0 Å². The third kappa shape index (κ3) is 2.55. The third-order valence-corrected chi connectivity index (χ3v) is 2.54. The summed E-state index contributed by atoms with van der Waals surface area (Å²) in [6.45, 7) is 3.60. The van der Waals surface area contributed by atoms with Crippen molar-refractivity contribution in [1.82, 2.24) is 0 Å². The Morgan fingerprint density at radius 3 is 2.76 bits per heavy atom. The summed E-state index contributed by atoms with van der Waals surface area (Å²) in [6, 6.07) is 4.37. The topological polar surface area (TPSA) is 44.5 Å². The molecule has 1 aromatic carbocycles. The average molecular weight is 241 g/mol. The van der Waals surface area contributed by atoms with Crippen molar-refractivity contribution in [2.75, 3.05) is 0 Å². The highest BCUT2D eigenvalue weighted by molar-refractivity contribution is 5.45. The van der Waals surface area contributed by atoms with Crippen molar-refractivity contribution < 1.29 is 18.3 Å². The lowest BCUT2D eigenvalue weighted by Crippen LogP contribution is -2.25. The van der Waals surface area contributed by atoms with Crippen LogP contribution in [0.2, 0.25) is 0 Å². The molecule has 17 heavy (non-hydrogen) atoms. The van der Waals surface area contributed by atoms with Gasteiger partial charge in [0.15, 0.2) is 11.5 Å². The number of alkyl halides is 2. The normalized spacial score (nSPS) is 17.8. The second-order valence-electron chi connectivity index (χ2n) is 3.85. The average Bonchev–Trinajstić information content (AvgIpc) is 2.58. The van der Waals surface area contributed by atoms with E-state index in [1.54, 1.807) is 12.1 Å². The van der Waals surface area contributed by atoms with Crippen LogP contribution in [0.4, 0.5) is 8.78 Å². The van der Waals surface area contributed by atoms with Crippen LogP contribution in [-0.4, -0.2) is 6.29 Å². The Morgan fingerprint density at radius 1 is 1.35 bits per heavy atom. The molecule has 0 aliphatic carbocycles. The molecule has 0 bridgehead atoms. The lowest BCUT2D eigenvalue weighted by atomic mass is 10.0. The summed E-state index contributed by atoms with van der Waals surface area (Å²) in [5.74, 6) is 0.0659. The number of halogens is 2. The summed E-state index contributed by atoms with van der Waals surface area (Å²) in [6.07, 6.45) is -0.335. The SMILES string of the molecule is C=CCC[C@H](N)c1ccc2c(c1)OC(F)(F)O2. The number of nitrogens with two attached hydrogens (primary N) is 1. The van der Waals surface area contributed by atoms with Gasteiger partial charge in [0.05, 0.1) is 0 Å². The van der Waals surface area contributed by atoms with E-state index < -0.39 is 6.29 Å². The van der Waals surface area contributed by atoms with E-state index in [1.807, 2.05) is 0 Å². The minimum absolute atomic E-state index is 0.0292. The molecule has 2 rings (SSSR count). The van der Waals surface area contributed by atoms with Gasteiger partial charge in [0.25, 0.3) is 0 Å². The highest BCUT2D eigenvalue weighted by atomic mass is 19.3. The predicted molar refractivity (Wildman–Crippen MR) is 59.0 cm³/mol. The van der Waals surface area contributed by atoms with Gasteiger partial charge in [0, 0.05) is 6.04 Å². The zero-order valence-electron chi connectivity index (χ0n) is 9.16. The zero-order valence-corrected chi connectivity index (χ0v) is 9.16. The van der Waals surface area contributed by atoms with Crippen molar-refractivity contribution in [1.29, 1.82) is 0 Å². The first-order chi connectivity index (χ1) is 8.02. The van der Waals surface area contributed by atoms with Crippen molar-refractivity contribution in [3.63, 3.8) is 0 Å². The number of hydrogen-bond donors (Lipinski definition) is 1. The van der Waals surface area contributed by atoms with E-state index in [-0.39, 0.29) is 17.5 Å². The molecule has 0 saturated carbocycles. The number of fused-ring (bicyclic) bond motifs is 1. The molecule has 0 radical (unpaired) electrons. The van der Waals surface area contributed by atoms with E-state index in [0.717, 1.165) is 12.0 Å². The van der Waals surface area contributed by atoms with Crippen LogP contribution < -0.4 is 15.2 Å². The summed E-state index contributed by atoms with van der Waals surface area (Å²) in [5.41, 5.74) is 6.65. The zero-order chi connectivity index (χ0) is 12.5. The molecule has 1 aromatic rings. The Hall–Kier alpha value is -1.62. The first kappa shape index (κ1) is 11.9. The Labute approximate surface area is 97.8 Å². The summed E-state index contributed by atoms with van der Waals surface area (Å²) >= 11 is 0. The quantitative estimate of drug-likeness (QED) is 0.824. The molecule has 0 saturated heterocycles. The Balaban J connectivity index is 2.15. The molecule has 1 aliphatic heterocycles. The second-order valence-corrected chi connectivity index (χ2v) is 3.85. The predicted octanol–water partition coefficient (Wildman–Crippen LogP) is 2.97. The first-order valence-corrected chi connectivity index (χ1v) is 5.28. The van der Waals surface area contributed by atoms with Crippen molar-refractivity contribution in [3.8, 4) is 11.5 Å². The fourth-order valence-corrected chi connectivity index (χ4v) is 1.66. The summed E-state index contributed by atoms with van der Waals surface area (Å²) < 4.78 is 34.2. The molecule has 5 heteroatoms. The highest BCUT2D eigenvalue weighted by Gasteiger charge is 2.43. The maximum absolute atomic E-state index is 12.8. The van der Waals surface area contributed by atoms with Crippen LogP contribution in [0.1, 0.15) is 24.4 Å². The Kier molecular flexibility index (Phi) is 3.02. The third-order valence-electron chi connectivity index (χ3n) is 2.54. The molecule has 1 aliphatic rings. The maximum atomic E-state index is 12.8. The smallest absolute Gasteiger partial charge is 0.395 e. The van der Waals surface area contributed by atoms with Gasteiger partial charge in [-0.1, -0.05) is 12.1 Å². The van der Waals surface area contributed by atoms with Crippen molar-refractivity contribution in [2.45, 2.75) is 25.2 Å². The molecule has 0 aromatic heterocycles.